The Morgan fingerprint density at radius 2 is 2.21 bits per heavy atom. The molecule has 0 spiro atoms. The molecule has 2 rings (SSSR count). The van der Waals surface area contributed by atoms with Gasteiger partial charge >= 0.3 is 6.03 Å². The minimum Gasteiger partial charge on any atom is -0.394 e. The Hall–Kier alpha value is -1.07. The van der Waals surface area contributed by atoms with Gasteiger partial charge in [0, 0.05) is 16.7 Å². The van der Waals surface area contributed by atoms with E-state index in [1.165, 1.54) is 0 Å². The first kappa shape index (κ1) is 14.3. The van der Waals surface area contributed by atoms with Crippen molar-refractivity contribution in [2.45, 2.75) is 32.7 Å². The van der Waals surface area contributed by atoms with Gasteiger partial charge in [-0.1, -0.05) is 22.0 Å². The zero-order chi connectivity index (χ0) is 14.0. The van der Waals surface area contributed by atoms with Gasteiger partial charge in [-0.3, -0.25) is 0 Å². The number of aliphatic hydroxyl groups is 1. The second kappa shape index (κ2) is 5.92. The molecule has 1 fully saturated rings. The molecule has 0 aliphatic carbocycles. The van der Waals surface area contributed by atoms with Crippen LogP contribution in [0.2, 0.25) is 0 Å². The second-order valence-electron chi connectivity index (χ2n) is 5.02. The van der Waals surface area contributed by atoms with Crippen molar-refractivity contribution in [3.8, 4) is 0 Å². The topological polar surface area (TPSA) is 52.6 Å². The van der Waals surface area contributed by atoms with Crippen molar-refractivity contribution >= 4 is 27.6 Å². The predicted molar refractivity (Wildman–Crippen MR) is 79.4 cm³/mol. The summed E-state index contributed by atoms with van der Waals surface area (Å²) in [6.07, 6.45) is 1.83. The fourth-order valence-corrected chi connectivity index (χ4v) is 2.78. The number of likely N-dealkylation sites (tertiary alicyclic amines) is 1. The zero-order valence-electron chi connectivity index (χ0n) is 11.2. The molecule has 2 amide bonds. The van der Waals surface area contributed by atoms with Crippen LogP contribution < -0.4 is 5.32 Å². The molecule has 1 heterocycles. The van der Waals surface area contributed by atoms with Gasteiger partial charge in [0.05, 0.1) is 12.6 Å². The van der Waals surface area contributed by atoms with Crippen molar-refractivity contribution in [1.29, 1.82) is 0 Å². The molecule has 2 N–H and O–H groups in total. The highest BCUT2D eigenvalue weighted by Crippen LogP contribution is 2.26. The number of nitrogens with one attached hydrogen (secondary N) is 1. The molecule has 104 valence electrons. The summed E-state index contributed by atoms with van der Waals surface area (Å²) < 4.78 is 0.980. The number of benzene rings is 1. The third kappa shape index (κ3) is 3.09. The number of carbonyl (C=O) groups is 1. The molecular formula is C14H19BrN2O2. The van der Waals surface area contributed by atoms with Crippen LogP contribution in [-0.2, 0) is 0 Å². The average molecular weight is 327 g/mol. The zero-order valence-corrected chi connectivity index (χ0v) is 12.8. The SMILES string of the molecule is Cc1cc(C)c(NC(=O)N2CCC[C@H]2CO)cc1Br. The number of halogens is 1. The minimum atomic E-state index is -0.129. The Morgan fingerprint density at radius 1 is 1.47 bits per heavy atom. The van der Waals surface area contributed by atoms with E-state index in [2.05, 4.69) is 21.2 Å². The molecule has 1 aromatic carbocycles. The molecule has 19 heavy (non-hydrogen) atoms. The Labute approximate surface area is 121 Å². The van der Waals surface area contributed by atoms with E-state index in [1.54, 1.807) is 4.90 Å². The molecule has 4 nitrogen and oxygen atoms in total. The van der Waals surface area contributed by atoms with Crippen molar-refractivity contribution < 1.29 is 9.90 Å². The Bertz CT molecular complexity index is 491. The van der Waals surface area contributed by atoms with Crippen LogP contribution in [-0.4, -0.2) is 35.2 Å². The maximum atomic E-state index is 12.2. The maximum absolute atomic E-state index is 12.2. The van der Waals surface area contributed by atoms with E-state index in [0.29, 0.717) is 6.54 Å². The number of rotatable bonds is 2. The second-order valence-corrected chi connectivity index (χ2v) is 5.87. The summed E-state index contributed by atoms with van der Waals surface area (Å²) in [6, 6.07) is 3.78. The number of hydrogen-bond donors (Lipinski definition) is 2. The largest absolute Gasteiger partial charge is 0.394 e. The highest BCUT2D eigenvalue weighted by Gasteiger charge is 2.28. The fraction of sp³-hybridized carbons (Fsp3) is 0.500. The summed E-state index contributed by atoms with van der Waals surface area (Å²) in [6.45, 7) is 4.74. The van der Waals surface area contributed by atoms with Crippen LogP contribution in [0.15, 0.2) is 16.6 Å². The summed E-state index contributed by atoms with van der Waals surface area (Å²) in [5.41, 5.74) is 2.99. The predicted octanol–water partition coefficient (Wildman–Crippen LogP) is 3.05. The van der Waals surface area contributed by atoms with Crippen molar-refractivity contribution in [3.05, 3.63) is 27.7 Å². The van der Waals surface area contributed by atoms with Gasteiger partial charge in [-0.15, -0.1) is 0 Å². The van der Waals surface area contributed by atoms with Gasteiger partial charge in [0.15, 0.2) is 0 Å². The van der Waals surface area contributed by atoms with Crippen LogP contribution in [0, 0.1) is 13.8 Å². The lowest BCUT2D eigenvalue weighted by Gasteiger charge is -2.24. The van der Waals surface area contributed by atoms with Gasteiger partial charge < -0.3 is 15.3 Å². The van der Waals surface area contributed by atoms with Crippen LogP contribution in [0.25, 0.3) is 0 Å². The lowest BCUT2D eigenvalue weighted by Crippen LogP contribution is -2.40. The number of nitrogens with zero attached hydrogens (tertiary/aromatic N) is 1. The number of aryl methyl sites for hydroxylation is 2. The number of anilines is 1. The standard InChI is InChI=1S/C14H19BrN2O2/c1-9-6-10(2)13(7-12(9)15)16-14(19)17-5-3-4-11(17)8-18/h6-7,11,18H,3-5,8H2,1-2H3,(H,16,19)/t11-/m0/s1. The summed E-state index contributed by atoms with van der Waals surface area (Å²) in [5.74, 6) is 0. The molecule has 1 saturated heterocycles. The molecule has 0 aromatic heterocycles. The third-order valence-corrected chi connectivity index (χ3v) is 4.45. The van der Waals surface area contributed by atoms with Gasteiger partial charge in [0.2, 0.25) is 0 Å². The molecule has 0 unspecified atom stereocenters. The lowest BCUT2D eigenvalue weighted by molar-refractivity contribution is 0.166. The van der Waals surface area contributed by atoms with E-state index in [4.69, 9.17) is 0 Å². The lowest BCUT2D eigenvalue weighted by atomic mass is 10.1. The van der Waals surface area contributed by atoms with E-state index < -0.39 is 0 Å². The maximum Gasteiger partial charge on any atom is 0.322 e. The van der Waals surface area contributed by atoms with Gasteiger partial charge in [0.25, 0.3) is 0 Å². The number of urea groups is 1. The molecule has 1 aliphatic heterocycles. The summed E-state index contributed by atoms with van der Waals surface area (Å²) >= 11 is 3.47. The first-order valence-electron chi connectivity index (χ1n) is 6.48. The van der Waals surface area contributed by atoms with E-state index >= 15 is 0 Å². The van der Waals surface area contributed by atoms with Crippen molar-refractivity contribution in [1.82, 2.24) is 4.90 Å². The van der Waals surface area contributed by atoms with Crippen LogP contribution >= 0.6 is 15.9 Å². The number of aliphatic hydroxyl groups excluding tert-OH is 1. The fourth-order valence-electron chi connectivity index (χ4n) is 2.44. The molecular weight excluding hydrogens is 308 g/mol. The molecule has 0 radical (unpaired) electrons. The van der Waals surface area contributed by atoms with E-state index in [-0.39, 0.29) is 18.7 Å². The van der Waals surface area contributed by atoms with Crippen molar-refractivity contribution in [2.75, 3.05) is 18.5 Å². The normalized spacial score (nSPS) is 18.7. The molecule has 1 aliphatic rings. The first-order valence-corrected chi connectivity index (χ1v) is 7.27. The quantitative estimate of drug-likeness (QED) is 0.877. The van der Waals surface area contributed by atoms with Crippen molar-refractivity contribution in [3.63, 3.8) is 0 Å². The first-order chi connectivity index (χ1) is 9.02. The molecule has 1 aromatic rings. The molecule has 1 atom stereocenters. The van der Waals surface area contributed by atoms with Gasteiger partial charge in [-0.2, -0.15) is 0 Å². The van der Waals surface area contributed by atoms with Gasteiger partial charge in [-0.25, -0.2) is 4.79 Å². The highest BCUT2D eigenvalue weighted by molar-refractivity contribution is 9.10. The van der Waals surface area contributed by atoms with Crippen LogP contribution in [0.5, 0.6) is 0 Å². The van der Waals surface area contributed by atoms with Crippen LogP contribution in [0.1, 0.15) is 24.0 Å². The van der Waals surface area contributed by atoms with E-state index in [0.717, 1.165) is 34.1 Å². The van der Waals surface area contributed by atoms with Gasteiger partial charge in [-0.05, 0) is 43.9 Å². The van der Waals surface area contributed by atoms with Gasteiger partial charge in [0.1, 0.15) is 0 Å². The van der Waals surface area contributed by atoms with Crippen LogP contribution in [0.3, 0.4) is 0 Å². The molecule has 0 saturated carbocycles. The minimum absolute atomic E-state index is 0.0317. The molecule has 5 heteroatoms. The summed E-state index contributed by atoms with van der Waals surface area (Å²) in [7, 11) is 0. The summed E-state index contributed by atoms with van der Waals surface area (Å²) in [4.78, 5) is 13.9. The molecule has 0 bridgehead atoms. The Kier molecular flexibility index (Phi) is 4.47. The third-order valence-electron chi connectivity index (χ3n) is 3.60. The Balaban J connectivity index is 2.13. The van der Waals surface area contributed by atoms with E-state index in [1.807, 2.05) is 26.0 Å². The van der Waals surface area contributed by atoms with Crippen molar-refractivity contribution in [2.24, 2.45) is 0 Å². The smallest absolute Gasteiger partial charge is 0.322 e. The number of hydrogen-bond acceptors (Lipinski definition) is 2. The number of amides is 2. The average Bonchev–Trinajstić information content (AvgIpc) is 2.84. The van der Waals surface area contributed by atoms with Crippen LogP contribution in [0.4, 0.5) is 10.5 Å². The number of carbonyl (C=O) groups excluding carboxylic acids is 1. The summed E-state index contributed by atoms with van der Waals surface area (Å²) in [5, 5.41) is 12.2. The Morgan fingerprint density at radius 3 is 2.89 bits per heavy atom. The monoisotopic (exact) mass is 326 g/mol. The highest BCUT2D eigenvalue weighted by atomic mass is 79.9. The van der Waals surface area contributed by atoms with E-state index in [9.17, 15) is 9.90 Å².